The third-order valence-corrected chi connectivity index (χ3v) is 7.39. The fourth-order valence-corrected chi connectivity index (χ4v) is 4.68. The van der Waals surface area contributed by atoms with E-state index >= 15 is 0 Å². The predicted octanol–water partition coefficient (Wildman–Crippen LogP) is -5.45. The zero-order chi connectivity index (χ0) is 36.7. The highest BCUT2D eigenvalue weighted by atomic mass is 16.4. The molecule has 0 aliphatic carbocycles. The monoisotopic (exact) mass is 686 g/mol. The van der Waals surface area contributed by atoms with Gasteiger partial charge in [0.1, 0.15) is 30.2 Å². The van der Waals surface area contributed by atoms with E-state index in [4.69, 9.17) is 17.2 Å². The highest BCUT2D eigenvalue weighted by Crippen LogP contribution is 2.18. The van der Waals surface area contributed by atoms with Gasteiger partial charge < -0.3 is 64.0 Å². The summed E-state index contributed by atoms with van der Waals surface area (Å²) in [6.45, 7) is 4.59. The van der Waals surface area contributed by atoms with Crippen LogP contribution in [-0.4, -0.2) is 136 Å². The standard InChI is InChI=1S/C28H50N10O10/c1-13(2)20(27(47)48)36-24(44)17(12-39)35-23(43)16(7-5-9-32-28(30)31)34-25(45)18-8-6-10-38(18)19(41)11-33-26(46)21(15(4)40)37-22(42)14(3)29/h13-18,20-21,39-40H,5-12,29H2,1-4H3,(H,33,46)(H,34,45)(H,35,43)(H,36,44)(H,37,42)(H,47,48)(H4,30,31,32)/t14-,15+,16-,17-,18-,20-,21-/m0/s1. The van der Waals surface area contributed by atoms with Crippen molar-refractivity contribution in [3.05, 3.63) is 0 Å². The van der Waals surface area contributed by atoms with E-state index in [9.17, 15) is 48.9 Å². The highest BCUT2D eigenvalue weighted by Gasteiger charge is 2.37. The van der Waals surface area contributed by atoms with Gasteiger partial charge in [-0.2, -0.15) is 0 Å². The highest BCUT2D eigenvalue weighted by molar-refractivity contribution is 5.96. The van der Waals surface area contributed by atoms with Gasteiger partial charge in [-0.05, 0) is 45.4 Å². The minimum absolute atomic E-state index is 0.0253. The van der Waals surface area contributed by atoms with Crippen molar-refractivity contribution in [2.24, 2.45) is 28.1 Å². The molecule has 0 bridgehead atoms. The number of aliphatic imine (C=N–C) groups is 1. The number of amides is 6. The number of carbonyl (C=O) groups is 7. The van der Waals surface area contributed by atoms with Crippen molar-refractivity contribution in [3.63, 3.8) is 0 Å². The molecule has 0 radical (unpaired) electrons. The Hall–Kier alpha value is -4.56. The molecule has 1 aliphatic heterocycles. The second-order valence-electron chi connectivity index (χ2n) is 11.8. The minimum atomic E-state index is -1.55. The number of carbonyl (C=O) groups excluding carboxylic acids is 6. The average molecular weight is 687 g/mol. The van der Waals surface area contributed by atoms with E-state index in [-0.39, 0.29) is 38.3 Å². The van der Waals surface area contributed by atoms with Gasteiger partial charge in [0, 0.05) is 13.1 Å². The second-order valence-corrected chi connectivity index (χ2v) is 11.8. The number of aliphatic carboxylic acids is 1. The van der Waals surface area contributed by atoms with E-state index in [2.05, 4.69) is 31.6 Å². The summed E-state index contributed by atoms with van der Waals surface area (Å²) in [6, 6.07) is -7.51. The van der Waals surface area contributed by atoms with Gasteiger partial charge in [-0.25, -0.2) is 4.79 Å². The molecule has 6 amide bonds. The summed E-state index contributed by atoms with van der Waals surface area (Å²) >= 11 is 0. The van der Waals surface area contributed by atoms with E-state index < -0.39 is 103 Å². The largest absolute Gasteiger partial charge is 0.480 e. The van der Waals surface area contributed by atoms with Crippen LogP contribution in [0.4, 0.5) is 0 Å². The molecule has 1 saturated heterocycles. The Bertz CT molecular complexity index is 1190. The first-order valence-electron chi connectivity index (χ1n) is 15.5. The van der Waals surface area contributed by atoms with Crippen molar-refractivity contribution in [1.29, 1.82) is 0 Å². The number of hydrogen-bond acceptors (Lipinski definition) is 11. The van der Waals surface area contributed by atoms with Crippen molar-refractivity contribution in [2.45, 2.75) is 95.7 Å². The number of aliphatic hydroxyl groups excluding tert-OH is 2. The smallest absolute Gasteiger partial charge is 0.326 e. The van der Waals surface area contributed by atoms with Crippen LogP contribution in [0.3, 0.4) is 0 Å². The second kappa shape index (κ2) is 20.0. The molecule has 0 aromatic carbocycles. The van der Waals surface area contributed by atoms with Crippen LogP contribution in [0, 0.1) is 5.92 Å². The Kier molecular flexibility index (Phi) is 17.2. The van der Waals surface area contributed by atoms with Crippen molar-refractivity contribution < 1.29 is 48.9 Å². The van der Waals surface area contributed by atoms with Crippen molar-refractivity contribution >= 4 is 47.4 Å². The van der Waals surface area contributed by atoms with Crippen LogP contribution < -0.4 is 43.8 Å². The number of nitrogens with zero attached hydrogens (tertiary/aromatic N) is 2. The quantitative estimate of drug-likeness (QED) is 0.0344. The molecule has 20 nitrogen and oxygen atoms in total. The fraction of sp³-hybridized carbons (Fsp3) is 0.714. The van der Waals surface area contributed by atoms with Gasteiger partial charge in [0.05, 0.1) is 25.3 Å². The number of nitrogens with one attached hydrogen (secondary N) is 5. The molecule has 0 unspecified atom stereocenters. The third-order valence-electron chi connectivity index (χ3n) is 7.39. The summed E-state index contributed by atoms with van der Waals surface area (Å²) in [5.41, 5.74) is 16.2. The van der Waals surface area contributed by atoms with E-state index in [1.54, 1.807) is 13.8 Å². The molecule has 1 heterocycles. The molecular formula is C28H50N10O10. The Labute approximate surface area is 278 Å². The third kappa shape index (κ3) is 13.3. The van der Waals surface area contributed by atoms with Crippen molar-refractivity contribution in [2.75, 3.05) is 26.2 Å². The van der Waals surface area contributed by atoms with Gasteiger partial charge in [-0.3, -0.25) is 33.8 Å². The predicted molar refractivity (Wildman–Crippen MR) is 170 cm³/mol. The minimum Gasteiger partial charge on any atom is -0.480 e. The van der Waals surface area contributed by atoms with E-state index in [1.165, 1.54) is 18.7 Å². The number of aliphatic hydroxyl groups is 2. The van der Waals surface area contributed by atoms with Crippen LogP contribution in [0.25, 0.3) is 0 Å². The number of guanidine groups is 1. The Morgan fingerprint density at radius 1 is 0.875 bits per heavy atom. The summed E-state index contributed by atoms with van der Waals surface area (Å²) < 4.78 is 0. The molecule has 1 fully saturated rings. The van der Waals surface area contributed by atoms with Gasteiger partial charge >= 0.3 is 5.97 Å². The molecule has 0 saturated carbocycles. The molecule has 0 spiro atoms. The number of rotatable bonds is 19. The van der Waals surface area contributed by atoms with Gasteiger partial charge in [0.15, 0.2) is 5.96 Å². The van der Waals surface area contributed by atoms with E-state index in [0.717, 1.165) is 0 Å². The molecule has 1 aliphatic rings. The Morgan fingerprint density at radius 3 is 2.00 bits per heavy atom. The lowest BCUT2D eigenvalue weighted by Crippen LogP contribution is -2.59. The van der Waals surface area contributed by atoms with E-state index in [0.29, 0.717) is 6.42 Å². The number of carboxylic acids is 1. The molecular weight excluding hydrogens is 636 g/mol. The molecule has 7 atom stereocenters. The molecule has 0 aromatic heterocycles. The number of likely N-dealkylation sites (tertiary alicyclic amines) is 1. The average Bonchev–Trinajstić information content (AvgIpc) is 3.50. The first kappa shape index (κ1) is 41.5. The number of nitrogens with two attached hydrogens (primary N) is 3. The summed E-state index contributed by atoms with van der Waals surface area (Å²) in [7, 11) is 0. The molecule has 20 heteroatoms. The summed E-state index contributed by atoms with van der Waals surface area (Å²) in [6.07, 6.45) is -0.490. The van der Waals surface area contributed by atoms with Gasteiger partial charge in [0.25, 0.3) is 0 Å². The molecule has 1 rings (SSSR count). The zero-order valence-electron chi connectivity index (χ0n) is 27.6. The van der Waals surface area contributed by atoms with Crippen LogP contribution in [0.15, 0.2) is 4.99 Å². The molecule has 0 aromatic rings. The number of carboxylic acid groups (broad SMARTS) is 1. The van der Waals surface area contributed by atoms with Crippen molar-refractivity contribution in [3.8, 4) is 0 Å². The van der Waals surface area contributed by atoms with Crippen LogP contribution in [-0.2, 0) is 33.6 Å². The summed E-state index contributed by atoms with van der Waals surface area (Å²) in [4.78, 5) is 93.6. The van der Waals surface area contributed by atoms with Crippen molar-refractivity contribution in [1.82, 2.24) is 31.5 Å². The van der Waals surface area contributed by atoms with Crippen LogP contribution in [0.5, 0.6) is 0 Å². The normalized spacial score (nSPS) is 17.9. The summed E-state index contributed by atoms with van der Waals surface area (Å²) in [5, 5.41) is 40.9. The Balaban J connectivity index is 3.03. The number of hydrogen-bond donors (Lipinski definition) is 11. The SMILES string of the molecule is CC(C)[C@H](NC(=O)[C@H](CO)NC(=O)[C@H](CCCN=C(N)N)NC(=O)[C@@H]1CCCN1C(=O)CNC(=O)[C@@H](NC(=O)[C@H](C)N)[C@@H](C)O)C(=O)O. The van der Waals surface area contributed by atoms with Crippen LogP contribution >= 0.6 is 0 Å². The van der Waals surface area contributed by atoms with Gasteiger partial charge in [-0.15, -0.1) is 0 Å². The lowest BCUT2D eigenvalue weighted by Gasteiger charge is -2.28. The first-order chi connectivity index (χ1) is 22.4. The van der Waals surface area contributed by atoms with E-state index in [1.807, 2.05) is 0 Å². The topological polar surface area (TPSA) is 334 Å². The lowest BCUT2D eigenvalue weighted by atomic mass is 10.0. The molecule has 272 valence electrons. The summed E-state index contributed by atoms with van der Waals surface area (Å²) in [5.74, 6) is -6.74. The fourth-order valence-electron chi connectivity index (χ4n) is 4.68. The van der Waals surface area contributed by atoms with Gasteiger partial charge in [-0.1, -0.05) is 13.8 Å². The maximum absolute atomic E-state index is 13.4. The maximum atomic E-state index is 13.4. The maximum Gasteiger partial charge on any atom is 0.326 e. The first-order valence-corrected chi connectivity index (χ1v) is 15.5. The lowest BCUT2D eigenvalue weighted by molar-refractivity contribution is -0.144. The Morgan fingerprint density at radius 2 is 1.48 bits per heavy atom. The molecule has 48 heavy (non-hydrogen) atoms. The molecule has 14 N–H and O–H groups in total. The van der Waals surface area contributed by atoms with Gasteiger partial charge in [0.2, 0.25) is 35.4 Å². The zero-order valence-corrected chi connectivity index (χ0v) is 27.6. The van der Waals surface area contributed by atoms with Crippen LogP contribution in [0.2, 0.25) is 0 Å². The van der Waals surface area contributed by atoms with Crippen LogP contribution in [0.1, 0.15) is 53.4 Å².